The fraction of sp³-hybridized carbons (Fsp3) is 1.00. The molecule has 0 spiro atoms. The molecule has 6 atom stereocenters. The van der Waals surface area contributed by atoms with E-state index in [0.717, 1.165) is 78.2 Å². The lowest BCUT2D eigenvalue weighted by Crippen LogP contribution is -2.74. The monoisotopic (exact) mass is 550 g/mol. The van der Waals surface area contributed by atoms with Crippen molar-refractivity contribution in [3.05, 3.63) is 0 Å². The van der Waals surface area contributed by atoms with Crippen LogP contribution in [-0.4, -0.2) is 63.1 Å². The van der Waals surface area contributed by atoms with Crippen LogP contribution >= 0.6 is 0 Å². The van der Waals surface area contributed by atoms with Crippen LogP contribution in [0.5, 0.6) is 0 Å². The molecule has 4 aliphatic rings. The molecule has 4 aliphatic heterocycles. The molecule has 4 saturated heterocycles. The van der Waals surface area contributed by atoms with E-state index in [4.69, 9.17) is 23.7 Å². The zero-order chi connectivity index (χ0) is 28.0. The molecule has 0 radical (unpaired) electrons. The van der Waals surface area contributed by atoms with Gasteiger partial charge >= 0.3 is 0 Å². The van der Waals surface area contributed by atoms with Crippen molar-refractivity contribution in [3.8, 4) is 0 Å². The second-order valence-corrected chi connectivity index (χ2v) is 13.6. The third-order valence-electron chi connectivity index (χ3n) is 11.9. The van der Waals surface area contributed by atoms with Gasteiger partial charge in [-0.25, -0.2) is 0 Å². The summed E-state index contributed by atoms with van der Waals surface area (Å²) in [4.78, 5) is 0. The molecule has 0 aromatic carbocycles. The number of ether oxygens (including phenoxy) is 5. The van der Waals surface area contributed by atoms with Gasteiger partial charge in [-0.15, -0.1) is 0 Å². The van der Waals surface area contributed by atoms with Crippen molar-refractivity contribution in [1.29, 1.82) is 0 Å². The molecule has 4 fully saturated rings. The summed E-state index contributed by atoms with van der Waals surface area (Å²) in [5.41, 5.74) is -0.316. The maximum absolute atomic E-state index is 7.70. The van der Waals surface area contributed by atoms with Gasteiger partial charge in [0, 0.05) is 23.7 Å². The number of hydrogen-bond donors (Lipinski definition) is 0. The van der Waals surface area contributed by atoms with Crippen LogP contribution in [0.15, 0.2) is 0 Å². The van der Waals surface area contributed by atoms with Crippen LogP contribution in [0.1, 0.15) is 131 Å². The molecule has 6 unspecified atom stereocenters. The Morgan fingerprint density at radius 3 is 1.21 bits per heavy atom. The summed E-state index contributed by atoms with van der Waals surface area (Å²) in [6.07, 6.45) is 16.8. The predicted molar refractivity (Wildman–Crippen MR) is 158 cm³/mol. The van der Waals surface area contributed by atoms with Gasteiger partial charge in [-0.05, 0) is 37.5 Å². The molecule has 0 amide bonds. The molecule has 0 aromatic rings. The summed E-state index contributed by atoms with van der Waals surface area (Å²) in [7, 11) is 0. The lowest BCUT2D eigenvalue weighted by atomic mass is 9.59. The molecule has 4 rings (SSSR count). The topological polar surface area (TPSA) is 46.2 Å². The Morgan fingerprint density at radius 1 is 0.615 bits per heavy atom. The molecular formula is C34H62O5. The first-order chi connectivity index (χ1) is 18.9. The van der Waals surface area contributed by atoms with Gasteiger partial charge in [-0.3, -0.25) is 0 Å². The fourth-order valence-corrected chi connectivity index (χ4v) is 8.34. The average molecular weight is 551 g/mol. The highest BCUT2D eigenvalue weighted by molar-refractivity contribution is 5.15. The third kappa shape index (κ3) is 5.75. The van der Waals surface area contributed by atoms with E-state index in [0.29, 0.717) is 11.8 Å². The van der Waals surface area contributed by atoms with Gasteiger partial charge in [-0.1, -0.05) is 92.9 Å². The molecule has 0 aromatic heterocycles. The normalized spacial score (nSPS) is 32.2. The van der Waals surface area contributed by atoms with Gasteiger partial charge in [0.25, 0.3) is 0 Å². The zero-order valence-corrected chi connectivity index (χ0v) is 26.5. The molecular weight excluding hydrogens is 488 g/mol. The number of unbranched alkanes of at least 4 members (excludes halogenated alkanes) is 2. The molecule has 0 bridgehead atoms. The summed E-state index contributed by atoms with van der Waals surface area (Å²) in [5, 5.41) is 0. The Balaban J connectivity index is 1.69. The summed E-state index contributed by atoms with van der Waals surface area (Å²) < 4.78 is 33.1. The molecule has 228 valence electrons. The summed E-state index contributed by atoms with van der Waals surface area (Å²) in [6.45, 7) is 19.0. The van der Waals surface area contributed by atoms with Crippen LogP contribution < -0.4 is 0 Å². The quantitative estimate of drug-likeness (QED) is 0.153. The summed E-state index contributed by atoms with van der Waals surface area (Å²) >= 11 is 0. The highest BCUT2D eigenvalue weighted by Crippen LogP contribution is 2.58. The SMILES string of the molecule is CCCCC(CC)CC(OC(CC(CC)CCCC)C1(C2(CC)COC2)CCO1)C1(C2(CC)COC2)CCO1. The van der Waals surface area contributed by atoms with E-state index in [1.807, 2.05) is 0 Å². The Labute approximate surface area is 240 Å². The van der Waals surface area contributed by atoms with E-state index in [2.05, 4.69) is 41.5 Å². The first-order valence-corrected chi connectivity index (χ1v) is 17.0. The van der Waals surface area contributed by atoms with Crippen molar-refractivity contribution < 1.29 is 23.7 Å². The Kier molecular flexibility index (Phi) is 11.3. The number of hydrogen-bond acceptors (Lipinski definition) is 5. The van der Waals surface area contributed by atoms with Gasteiger partial charge in [0.05, 0.1) is 51.8 Å². The third-order valence-corrected chi connectivity index (χ3v) is 11.9. The summed E-state index contributed by atoms with van der Waals surface area (Å²) in [5.74, 6) is 1.33. The molecule has 39 heavy (non-hydrogen) atoms. The second-order valence-electron chi connectivity index (χ2n) is 13.6. The zero-order valence-electron chi connectivity index (χ0n) is 26.5. The smallest absolute Gasteiger partial charge is 0.106 e. The van der Waals surface area contributed by atoms with Crippen LogP contribution in [0, 0.1) is 22.7 Å². The minimum absolute atomic E-state index is 0.0749. The van der Waals surface area contributed by atoms with Crippen LogP contribution in [0.2, 0.25) is 0 Å². The van der Waals surface area contributed by atoms with Gasteiger partial charge in [0.15, 0.2) is 0 Å². The van der Waals surface area contributed by atoms with E-state index in [1.54, 1.807) is 0 Å². The van der Waals surface area contributed by atoms with E-state index >= 15 is 0 Å². The Morgan fingerprint density at radius 2 is 1.00 bits per heavy atom. The largest absolute Gasteiger partial charge is 0.380 e. The van der Waals surface area contributed by atoms with Crippen LogP contribution in [0.3, 0.4) is 0 Å². The van der Waals surface area contributed by atoms with Gasteiger partial charge in [0.1, 0.15) is 11.2 Å². The Hall–Kier alpha value is -0.200. The average Bonchev–Trinajstić information content (AvgIpc) is 2.84. The van der Waals surface area contributed by atoms with Crippen LogP contribution in [-0.2, 0) is 23.7 Å². The van der Waals surface area contributed by atoms with Crippen molar-refractivity contribution in [1.82, 2.24) is 0 Å². The maximum atomic E-state index is 7.70. The van der Waals surface area contributed by atoms with Crippen molar-refractivity contribution >= 4 is 0 Å². The minimum Gasteiger partial charge on any atom is -0.380 e. The molecule has 0 N–H and O–H groups in total. The second kappa shape index (κ2) is 13.8. The molecule has 0 saturated carbocycles. The van der Waals surface area contributed by atoms with Gasteiger partial charge < -0.3 is 23.7 Å². The first-order valence-electron chi connectivity index (χ1n) is 17.0. The first kappa shape index (κ1) is 31.7. The van der Waals surface area contributed by atoms with E-state index in [-0.39, 0.29) is 34.2 Å². The maximum Gasteiger partial charge on any atom is 0.106 e. The van der Waals surface area contributed by atoms with Crippen LogP contribution in [0.25, 0.3) is 0 Å². The van der Waals surface area contributed by atoms with E-state index in [1.165, 1.54) is 51.4 Å². The minimum atomic E-state index is -0.233. The van der Waals surface area contributed by atoms with Crippen molar-refractivity contribution in [2.45, 2.75) is 155 Å². The highest BCUT2D eigenvalue weighted by Gasteiger charge is 2.67. The van der Waals surface area contributed by atoms with Gasteiger partial charge in [-0.2, -0.15) is 0 Å². The van der Waals surface area contributed by atoms with Crippen molar-refractivity contribution in [3.63, 3.8) is 0 Å². The van der Waals surface area contributed by atoms with Crippen molar-refractivity contribution in [2.24, 2.45) is 22.7 Å². The lowest BCUT2D eigenvalue weighted by molar-refractivity contribution is -0.370. The molecule has 4 heterocycles. The van der Waals surface area contributed by atoms with E-state index in [9.17, 15) is 0 Å². The standard InChI is InChI=1S/C34H62O5/c1-7-13-15-27(9-3)21-29(33(17-19-37-33)31(11-5)23-35-24-31)39-30(22-28(10-4)16-14-8-2)34(18-20-38-34)32(12-6)25-36-26-32/h27-30H,7-26H2,1-6H3. The molecule has 5 heteroatoms. The Bertz CT molecular complexity index is 650. The van der Waals surface area contributed by atoms with E-state index < -0.39 is 0 Å². The molecule has 0 aliphatic carbocycles. The summed E-state index contributed by atoms with van der Waals surface area (Å²) in [6, 6.07) is 0. The number of rotatable bonds is 20. The lowest BCUT2D eigenvalue weighted by Gasteiger charge is -2.65. The van der Waals surface area contributed by atoms with Gasteiger partial charge in [0.2, 0.25) is 0 Å². The van der Waals surface area contributed by atoms with Crippen molar-refractivity contribution in [2.75, 3.05) is 39.6 Å². The molecule has 5 nitrogen and oxygen atoms in total. The van der Waals surface area contributed by atoms with Crippen LogP contribution in [0.4, 0.5) is 0 Å². The highest BCUT2D eigenvalue weighted by atomic mass is 16.6. The predicted octanol–water partition coefficient (Wildman–Crippen LogP) is 8.12. The fourth-order valence-electron chi connectivity index (χ4n) is 8.34.